The second kappa shape index (κ2) is 9.91. The maximum atomic E-state index is 12.3. The molecule has 6 heteroatoms. The average Bonchev–Trinajstić information content (AvgIpc) is 2.93. The van der Waals surface area contributed by atoms with Crippen LogP contribution in [0.15, 0.2) is 18.2 Å². The summed E-state index contributed by atoms with van der Waals surface area (Å²) in [5.41, 5.74) is 5.45. The van der Waals surface area contributed by atoms with Gasteiger partial charge >= 0.3 is 0 Å². The van der Waals surface area contributed by atoms with Crippen molar-refractivity contribution in [3.63, 3.8) is 0 Å². The van der Waals surface area contributed by atoms with E-state index in [2.05, 4.69) is 10.9 Å². The number of hydrogen-bond acceptors (Lipinski definition) is 4. The van der Waals surface area contributed by atoms with Crippen LogP contribution in [0.5, 0.6) is 11.5 Å². The van der Waals surface area contributed by atoms with Crippen LogP contribution in [0.1, 0.15) is 62.2 Å². The van der Waals surface area contributed by atoms with Crippen molar-refractivity contribution in [1.82, 2.24) is 10.9 Å². The Morgan fingerprint density at radius 3 is 2.44 bits per heavy atom. The van der Waals surface area contributed by atoms with Crippen molar-refractivity contribution in [2.45, 2.75) is 51.9 Å². The number of hydrogen-bond donors (Lipinski definition) is 2. The standard InChI is InChI=1S/C19H28N2O4/c1-3-12-25-16-11-10-15(13-17(16)24-2)19(23)21-20-18(22)14-8-6-4-5-7-9-14/h10-11,13-14H,3-9,12H2,1-2H3,(H,20,22)(H,21,23). The molecule has 1 aliphatic rings. The lowest BCUT2D eigenvalue weighted by Gasteiger charge is -2.15. The summed E-state index contributed by atoms with van der Waals surface area (Å²) >= 11 is 0. The van der Waals surface area contributed by atoms with E-state index in [4.69, 9.17) is 9.47 Å². The van der Waals surface area contributed by atoms with Crippen molar-refractivity contribution in [3.05, 3.63) is 23.8 Å². The quantitative estimate of drug-likeness (QED) is 0.611. The van der Waals surface area contributed by atoms with Crippen LogP contribution >= 0.6 is 0 Å². The summed E-state index contributed by atoms with van der Waals surface area (Å²) in [6.45, 7) is 2.60. The number of hydrazine groups is 1. The van der Waals surface area contributed by atoms with Crippen molar-refractivity contribution >= 4 is 11.8 Å². The molecular weight excluding hydrogens is 320 g/mol. The van der Waals surface area contributed by atoms with E-state index in [0.717, 1.165) is 32.1 Å². The Balaban J connectivity index is 1.92. The maximum absolute atomic E-state index is 12.3. The van der Waals surface area contributed by atoms with Gasteiger partial charge in [-0.1, -0.05) is 32.6 Å². The first-order chi connectivity index (χ1) is 12.2. The van der Waals surface area contributed by atoms with Gasteiger partial charge in [0.15, 0.2) is 11.5 Å². The lowest BCUT2D eigenvalue weighted by Crippen LogP contribution is -2.44. The zero-order chi connectivity index (χ0) is 18.1. The molecule has 0 radical (unpaired) electrons. The molecule has 2 N–H and O–H groups in total. The normalized spacial score (nSPS) is 15.1. The molecule has 0 aromatic heterocycles. The minimum Gasteiger partial charge on any atom is -0.493 e. The van der Waals surface area contributed by atoms with Crippen LogP contribution in [-0.4, -0.2) is 25.5 Å². The van der Waals surface area contributed by atoms with Gasteiger partial charge in [0.05, 0.1) is 13.7 Å². The maximum Gasteiger partial charge on any atom is 0.269 e. The van der Waals surface area contributed by atoms with Gasteiger partial charge in [-0.15, -0.1) is 0 Å². The summed E-state index contributed by atoms with van der Waals surface area (Å²) < 4.78 is 10.9. The highest BCUT2D eigenvalue weighted by Crippen LogP contribution is 2.28. The third kappa shape index (κ3) is 5.66. The molecule has 0 saturated heterocycles. The Hall–Kier alpha value is -2.24. The summed E-state index contributed by atoms with van der Waals surface area (Å²) in [4.78, 5) is 24.5. The Bertz CT molecular complexity index is 581. The van der Waals surface area contributed by atoms with Crippen molar-refractivity contribution < 1.29 is 19.1 Å². The Morgan fingerprint density at radius 2 is 1.80 bits per heavy atom. The number of carbonyl (C=O) groups is 2. The molecule has 0 spiro atoms. The molecule has 2 amide bonds. The van der Waals surface area contributed by atoms with Crippen LogP contribution in [0, 0.1) is 5.92 Å². The first kappa shape index (κ1) is 19.1. The lowest BCUT2D eigenvalue weighted by atomic mass is 10.00. The van der Waals surface area contributed by atoms with Gasteiger partial charge in [0.25, 0.3) is 5.91 Å². The number of nitrogens with one attached hydrogen (secondary N) is 2. The molecule has 0 aliphatic heterocycles. The smallest absolute Gasteiger partial charge is 0.269 e. The number of rotatable bonds is 6. The minimum atomic E-state index is -0.373. The molecule has 1 saturated carbocycles. The lowest BCUT2D eigenvalue weighted by molar-refractivity contribution is -0.126. The van der Waals surface area contributed by atoms with Gasteiger partial charge in [0, 0.05) is 11.5 Å². The molecule has 0 unspecified atom stereocenters. The SMILES string of the molecule is CCCOc1ccc(C(=O)NNC(=O)C2CCCCCC2)cc1OC. The van der Waals surface area contributed by atoms with E-state index >= 15 is 0 Å². The van der Waals surface area contributed by atoms with Crippen molar-refractivity contribution in [2.75, 3.05) is 13.7 Å². The van der Waals surface area contributed by atoms with Gasteiger partial charge in [-0.2, -0.15) is 0 Å². The van der Waals surface area contributed by atoms with E-state index in [1.54, 1.807) is 18.2 Å². The third-order valence-corrected chi connectivity index (χ3v) is 4.41. The molecule has 0 atom stereocenters. The minimum absolute atomic E-state index is 0.0119. The van der Waals surface area contributed by atoms with Crippen molar-refractivity contribution in [3.8, 4) is 11.5 Å². The summed E-state index contributed by atoms with van der Waals surface area (Å²) in [7, 11) is 1.53. The van der Waals surface area contributed by atoms with E-state index in [1.807, 2.05) is 6.92 Å². The van der Waals surface area contributed by atoms with Gasteiger partial charge in [0.2, 0.25) is 5.91 Å². The molecule has 138 valence electrons. The fourth-order valence-electron chi connectivity index (χ4n) is 2.97. The van der Waals surface area contributed by atoms with Gasteiger partial charge in [0.1, 0.15) is 0 Å². The van der Waals surface area contributed by atoms with E-state index in [0.29, 0.717) is 23.7 Å². The molecule has 0 heterocycles. The highest BCUT2D eigenvalue weighted by Gasteiger charge is 2.20. The summed E-state index contributed by atoms with van der Waals surface area (Å²) in [5, 5.41) is 0. The Kier molecular flexibility index (Phi) is 7.57. The molecule has 1 aliphatic carbocycles. The zero-order valence-electron chi connectivity index (χ0n) is 15.1. The van der Waals surface area contributed by atoms with Gasteiger partial charge in [-0.3, -0.25) is 20.4 Å². The second-order valence-corrected chi connectivity index (χ2v) is 6.35. The van der Waals surface area contributed by atoms with Crippen LogP contribution in [0.4, 0.5) is 0 Å². The largest absolute Gasteiger partial charge is 0.493 e. The number of benzene rings is 1. The molecule has 0 bridgehead atoms. The molecule has 25 heavy (non-hydrogen) atoms. The number of methoxy groups -OCH3 is 1. The number of ether oxygens (including phenoxy) is 2. The zero-order valence-corrected chi connectivity index (χ0v) is 15.1. The first-order valence-electron chi connectivity index (χ1n) is 9.06. The Morgan fingerprint density at radius 1 is 1.08 bits per heavy atom. The molecule has 1 fully saturated rings. The van der Waals surface area contributed by atoms with Crippen LogP contribution in [-0.2, 0) is 4.79 Å². The highest BCUT2D eigenvalue weighted by molar-refractivity contribution is 5.96. The van der Waals surface area contributed by atoms with Crippen LogP contribution in [0.3, 0.4) is 0 Å². The van der Waals surface area contributed by atoms with Crippen molar-refractivity contribution in [2.24, 2.45) is 5.92 Å². The van der Waals surface area contributed by atoms with Crippen LogP contribution in [0.2, 0.25) is 0 Å². The number of amides is 2. The second-order valence-electron chi connectivity index (χ2n) is 6.35. The van der Waals surface area contributed by atoms with Crippen LogP contribution in [0.25, 0.3) is 0 Å². The molecule has 1 aromatic rings. The Labute approximate surface area is 149 Å². The van der Waals surface area contributed by atoms with Crippen molar-refractivity contribution in [1.29, 1.82) is 0 Å². The number of carbonyl (C=O) groups excluding carboxylic acids is 2. The third-order valence-electron chi connectivity index (χ3n) is 4.41. The summed E-state index contributed by atoms with van der Waals surface area (Å²) in [6, 6.07) is 4.97. The first-order valence-corrected chi connectivity index (χ1v) is 9.06. The average molecular weight is 348 g/mol. The summed E-state index contributed by atoms with van der Waals surface area (Å²) in [5.74, 6) is 0.606. The fourth-order valence-corrected chi connectivity index (χ4v) is 2.97. The van der Waals surface area contributed by atoms with E-state index in [9.17, 15) is 9.59 Å². The molecular formula is C19H28N2O4. The van der Waals surface area contributed by atoms with E-state index in [1.165, 1.54) is 20.0 Å². The molecule has 1 aromatic carbocycles. The van der Waals surface area contributed by atoms with Gasteiger partial charge in [-0.25, -0.2) is 0 Å². The van der Waals surface area contributed by atoms with Gasteiger partial charge < -0.3 is 9.47 Å². The van der Waals surface area contributed by atoms with Gasteiger partial charge in [-0.05, 0) is 37.5 Å². The monoisotopic (exact) mass is 348 g/mol. The molecule has 2 rings (SSSR count). The van der Waals surface area contributed by atoms with Crippen LogP contribution < -0.4 is 20.3 Å². The molecule has 6 nitrogen and oxygen atoms in total. The predicted molar refractivity (Wildman–Crippen MR) is 95.6 cm³/mol. The van der Waals surface area contributed by atoms with E-state index in [-0.39, 0.29) is 17.7 Å². The summed E-state index contributed by atoms with van der Waals surface area (Å²) in [6.07, 6.45) is 7.17. The fraction of sp³-hybridized carbons (Fsp3) is 0.579. The van der Waals surface area contributed by atoms with E-state index < -0.39 is 0 Å². The predicted octanol–water partition coefficient (Wildman–Crippen LogP) is 3.22. The highest BCUT2D eigenvalue weighted by atomic mass is 16.5. The topological polar surface area (TPSA) is 76.7 Å².